The van der Waals surface area contributed by atoms with Gasteiger partial charge >= 0.3 is 0 Å². The summed E-state index contributed by atoms with van der Waals surface area (Å²) >= 11 is 0. The van der Waals surface area contributed by atoms with Crippen molar-refractivity contribution < 1.29 is 17.9 Å². The molecule has 0 radical (unpaired) electrons. The normalized spacial score (nSPS) is 12.1. The molecular formula is C22H31N3O5S. The third-order valence-corrected chi connectivity index (χ3v) is 6.99. The summed E-state index contributed by atoms with van der Waals surface area (Å²) in [4.78, 5) is 24.9. The molecule has 0 unspecified atom stereocenters. The van der Waals surface area contributed by atoms with Gasteiger partial charge in [-0.05, 0) is 29.2 Å². The minimum atomic E-state index is -3.75. The van der Waals surface area contributed by atoms with E-state index in [1.807, 2.05) is 12.1 Å². The number of aromatic nitrogens is 1. The van der Waals surface area contributed by atoms with Crippen molar-refractivity contribution in [1.29, 1.82) is 0 Å². The first kappa shape index (κ1) is 24.6. The van der Waals surface area contributed by atoms with E-state index in [2.05, 4.69) is 26.1 Å². The highest BCUT2D eigenvalue weighted by molar-refractivity contribution is 7.89. The van der Waals surface area contributed by atoms with Gasteiger partial charge in [-0.3, -0.25) is 9.59 Å². The second-order valence-corrected chi connectivity index (χ2v) is 10.1. The molecule has 170 valence electrons. The Hall–Kier alpha value is -2.65. The van der Waals surface area contributed by atoms with Gasteiger partial charge in [-0.25, -0.2) is 8.42 Å². The Morgan fingerprint density at radius 2 is 1.77 bits per heavy atom. The van der Waals surface area contributed by atoms with Crippen molar-refractivity contribution in [3.63, 3.8) is 0 Å². The van der Waals surface area contributed by atoms with Gasteiger partial charge in [0, 0.05) is 25.4 Å². The van der Waals surface area contributed by atoms with Gasteiger partial charge in [0.05, 0.1) is 17.7 Å². The van der Waals surface area contributed by atoms with Crippen LogP contribution in [0.2, 0.25) is 0 Å². The molecule has 0 spiro atoms. The van der Waals surface area contributed by atoms with E-state index in [1.165, 1.54) is 23.7 Å². The molecule has 0 aliphatic rings. The monoisotopic (exact) mass is 449 g/mol. The second kappa shape index (κ2) is 9.65. The topological polar surface area (TPSA) is 97.7 Å². The zero-order chi connectivity index (χ0) is 23.4. The number of sulfonamides is 1. The molecule has 0 bridgehead atoms. The highest BCUT2D eigenvalue weighted by Crippen LogP contribution is 2.31. The Balaban J connectivity index is 2.32. The predicted octanol–water partition coefficient (Wildman–Crippen LogP) is 2.82. The molecule has 1 aromatic carbocycles. The maximum Gasteiger partial charge on any atom is 0.251 e. The number of carbonyl (C=O) groups is 1. The lowest BCUT2D eigenvalue weighted by molar-refractivity contribution is -0.116. The summed E-state index contributed by atoms with van der Waals surface area (Å²) in [5.74, 6) is 0.0235. The van der Waals surface area contributed by atoms with E-state index >= 15 is 0 Å². The van der Waals surface area contributed by atoms with Gasteiger partial charge in [0.15, 0.2) is 0 Å². The maximum atomic E-state index is 12.7. The van der Waals surface area contributed by atoms with E-state index in [9.17, 15) is 18.0 Å². The largest absolute Gasteiger partial charge is 0.495 e. The van der Waals surface area contributed by atoms with Crippen LogP contribution in [0.4, 0.5) is 5.69 Å². The lowest BCUT2D eigenvalue weighted by Crippen LogP contribution is -2.33. The van der Waals surface area contributed by atoms with Crippen molar-refractivity contribution >= 4 is 21.6 Å². The van der Waals surface area contributed by atoms with E-state index < -0.39 is 21.5 Å². The predicted molar refractivity (Wildman–Crippen MR) is 121 cm³/mol. The number of hydrogen-bond donors (Lipinski definition) is 1. The molecule has 0 aliphatic heterocycles. The Morgan fingerprint density at radius 3 is 2.32 bits per heavy atom. The fourth-order valence-corrected chi connectivity index (χ4v) is 4.59. The van der Waals surface area contributed by atoms with Gasteiger partial charge in [0.2, 0.25) is 15.9 Å². The van der Waals surface area contributed by atoms with Crippen LogP contribution in [0.1, 0.15) is 40.2 Å². The fraction of sp³-hybridized carbons (Fsp3) is 0.455. The molecule has 31 heavy (non-hydrogen) atoms. The number of benzene rings is 1. The first-order valence-corrected chi connectivity index (χ1v) is 11.6. The van der Waals surface area contributed by atoms with E-state index in [4.69, 9.17) is 4.74 Å². The number of anilines is 1. The first-order chi connectivity index (χ1) is 14.4. The summed E-state index contributed by atoms with van der Waals surface area (Å²) in [5.41, 5.74) is 0.896. The third kappa shape index (κ3) is 5.74. The SMILES string of the molecule is CCN(CC)S(=O)(=O)c1ccc(=O)n(CC(=O)Nc2cc(C(C)(C)C)ccc2OC)c1. The molecule has 2 rings (SSSR count). The molecule has 1 aromatic heterocycles. The van der Waals surface area contributed by atoms with Crippen LogP contribution in [0.15, 0.2) is 46.2 Å². The molecule has 1 amide bonds. The number of methoxy groups -OCH3 is 1. The molecule has 1 N–H and O–H groups in total. The number of hydrogen-bond acceptors (Lipinski definition) is 5. The Morgan fingerprint density at radius 1 is 1.13 bits per heavy atom. The standard InChI is InChI=1S/C22H31N3O5S/c1-7-25(8-2)31(28,29)17-10-12-21(27)24(14-17)15-20(26)23-18-13-16(22(3,4)5)9-11-19(18)30-6/h9-14H,7-8,15H2,1-6H3,(H,23,26). The number of nitrogens with one attached hydrogen (secondary N) is 1. The molecule has 1 heterocycles. The average Bonchev–Trinajstić information content (AvgIpc) is 2.69. The minimum absolute atomic E-state index is 0.0316. The van der Waals surface area contributed by atoms with Crippen molar-refractivity contribution in [1.82, 2.24) is 8.87 Å². The smallest absolute Gasteiger partial charge is 0.251 e. The molecule has 2 aromatic rings. The number of ether oxygens (including phenoxy) is 1. The molecule has 0 aliphatic carbocycles. The van der Waals surface area contributed by atoms with Crippen molar-refractivity contribution in [2.75, 3.05) is 25.5 Å². The van der Waals surface area contributed by atoms with Gasteiger partial charge in [0.1, 0.15) is 12.3 Å². The minimum Gasteiger partial charge on any atom is -0.495 e. The van der Waals surface area contributed by atoms with E-state index in [-0.39, 0.29) is 16.9 Å². The van der Waals surface area contributed by atoms with Gasteiger partial charge in [-0.15, -0.1) is 0 Å². The molecule has 0 atom stereocenters. The number of carbonyl (C=O) groups excluding carboxylic acids is 1. The van der Waals surface area contributed by atoms with E-state index in [1.54, 1.807) is 19.9 Å². The third-order valence-electron chi connectivity index (χ3n) is 4.95. The highest BCUT2D eigenvalue weighted by atomic mass is 32.2. The average molecular weight is 450 g/mol. The van der Waals surface area contributed by atoms with Crippen LogP contribution < -0.4 is 15.6 Å². The van der Waals surface area contributed by atoms with Crippen LogP contribution in [0.5, 0.6) is 5.75 Å². The quantitative estimate of drug-likeness (QED) is 0.668. The van der Waals surface area contributed by atoms with Crippen molar-refractivity contribution in [3.05, 3.63) is 52.4 Å². The lowest BCUT2D eigenvalue weighted by atomic mass is 9.87. The Kier molecular flexibility index (Phi) is 7.67. The number of pyridine rings is 1. The molecule has 0 saturated heterocycles. The number of nitrogens with zero attached hydrogens (tertiary/aromatic N) is 2. The number of rotatable bonds is 8. The molecule has 9 heteroatoms. The molecule has 8 nitrogen and oxygen atoms in total. The zero-order valence-corrected chi connectivity index (χ0v) is 19.7. The van der Waals surface area contributed by atoms with Gasteiger partial charge < -0.3 is 14.6 Å². The Labute approximate surface area is 183 Å². The van der Waals surface area contributed by atoms with Crippen LogP contribution in [0.25, 0.3) is 0 Å². The van der Waals surface area contributed by atoms with Crippen LogP contribution in [0.3, 0.4) is 0 Å². The zero-order valence-electron chi connectivity index (χ0n) is 18.9. The summed E-state index contributed by atoms with van der Waals surface area (Å²) in [7, 11) is -2.24. The summed E-state index contributed by atoms with van der Waals surface area (Å²) in [6.07, 6.45) is 1.21. The van der Waals surface area contributed by atoms with Crippen molar-refractivity contribution in [3.8, 4) is 5.75 Å². The van der Waals surface area contributed by atoms with Crippen molar-refractivity contribution in [2.45, 2.75) is 51.5 Å². The van der Waals surface area contributed by atoms with Gasteiger partial charge in [0.25, 0.3) is 5.56 Å². The van der Waals surface area contributed by atoms with Gasteiger partial charge in [-0.1, -0.05) is 40.7 Å². The second-order valence-electron chi connectivity index (χ2n) is 8.13. The maximum absolute atomic E-state index is 12.7. The summed E-state index contributed by atoms with van der Waals surface area (Å²) in [6.45, 7) is 9.94. The molecule has 0 fully saturated rings. The number of amides is 1. The van der Waals surface area contributed by atoms with E-state index in [0.29, 0.717) is 24.5 Å². The van der Waals surface area contributed by atoms with Crippen LogP contribution >= 0.6 is 0 Å². The van der Waals surface area contributed by atoms with Crippen LogP contribution in [-0.4, -0.2) is 43.4 Å². The fourth-order valence-electron chi connectivity index (χ4n) is 3.11. The summed E-state index contributed by atoms with van der Waals surface area (Å²) < 4.78 is 33.2. The van der Waals surface area contributed by atoms with Gasteiger partial charge in [-0.2, -0.15) is 4.31 Å². The van der Waals surface area contributed by atoms with Crippen molar-refractivity contribution in [2.24, 2.45) is 0 Å². The van der Waals surface area contributed by atoms with Crippen LogP contribution in [0, 0.1) is 0 Å². The lowest BCUT2D eigenvalue weighted by Gasteiger charge is -2.21. The Bertz CT molecular complexity index is 1100. The van der Waals surface area contributed by atoms with Crippen LogP contribution in [-0.2, 0) is 26.8 Å². The summed E-state index contributed by atoms with van der Waals surface area (Å²) in [6, 6.07) is 7.96. The highest BCUT2D eigenvalue weighted by Gasteiger charge is 2.23. The first-order valence-electron chi connectivity index (χ1n) is 10.1. The summed E-state index contributed by atoms with van der Waals surface area (Å²) in [5, 5.41) is 2.77. The van der Waals surface area contributed by atoms with E-state index in [0.717, 1.165) is 16.2 Å². The molecular weight excluding hydrogens is 418 g/mol. The molecule has 0 saturated carbocycles.